The van der Waals surface area contributed by atoms with Crippen LogP contribution >= 0.6 is 0 Å². The summed E-state index contributed by atoms with van der Waals surface area (Å²) >= 11 is 0. The van der Waals surface area contributed by atoms with Gasteiger partial charge in [-0.2, -0.15) is 0 Å². The topological polar surface area (TPSA) is 47.4 Å². The van der Waals surface area contributed by atoms with Crippen LogP contribution in [0.4, 0.5) is 5.69 Å². The maximum Gasteiger partial charge on any atom is 0.227 e. The molecule has 1 aliphatic heterocycles. The third kappa shape index (κ3) is 3.86. The molecule has 162 valence electrons. The van der Waals surface area contributed by atoms with Gasteiger partial charge in [-0.05, 0) is 55.3 Å². The van der Waals surface area contributed by atoms with E-state index in [0.29, 0.717) is 26.1 Å². The first-order chi connectivity index (χ1) is 15.6. The van der Waals surface area contributed by atoms with Gasteiger partial charge in [-0.15, -0.1) is 0 Å². The summed E-state index contributed by atoms with van der Waals surface area (Å²) in [5, 5.41) is 0. The van der Waals surface area contributed by atoms with Gasteiger partial charge in [0.2, 0.25) is 5.91 Å². The van der Waals surface area contributed by atoms with Gasteiger partial charge in [0.05, 0.1) is 17.6 Å². The fraction of sp³-hybridized carbons (Fsp3) is 0.259. The molecule has 0 aliphatic carbocycles. The third-order valence-corrected chi connectivity index (χ3v) is 6.16. The number of hydrogen-bond acceptors (Lipinski definition) is 3. The first-order valence-corrected chi connectivity index (χ1v) is 11.1. The van der Waals surface area contributed by atoms with E-state index >= 15 is 0 Å². The molecule has 5 nitrogen and oxygen atoms in total. The minimum absolute atomic E-state index is 0.0477. The van der Waals surface area contributed by atoms with Crippen LogP contribution in [-0.2, 0) is 11.3 Å². The molecule has 0 radical (unpaired) electrons. The number of carbonyl (C=O) groups excluding carboxylic acids is 1. The van der Waals surface area contributed by atoms with Crippen LogP contribution in [0.2, 0.25) is 0 Å². The summed E-state index contributed by atoms with van der Waals surface area (Å²) in [6.45, 7) is 5.99. The smallest absolute Gasteiger partial charge is 0.227 e. The molecule has 1 unspecified atom stereocenters. The van der Waals surface area contributed by atoms with E-state index in [4.69, 9.17) is 9.72 Å². The number of benzene rings is 3. The number of aromatic nitrogens is 2. The first-order valence-electron chi connectivity index (χ1n) is 11.1. The number of nitrogens with zero attached hydrogens (tertiary/aromatic N) is 3. The second kappa shape index (κ2) is 8.50. The quantitative estimate of drug-likeness (QED) is 0.424. The van der Waals surface area contributed by atoms with Crippen LogP contribution in [0.15, 0.2) is 72.8 Å². The average Bonchev–Trinajstić information content (AvgIpc) is 3.37. The number of hydrogen-bond donors (Lipinski definition) is 0. The number of rotatable bonds is 6. The van der Waals surface area contributed by atoms with Crippen LogP contribution in [0.5, 0.6) is 5.75 Å². The van der Waals surface area contributed by atoms with Crippen LogP contribution in [0.1, 0.15) is 29.3 Å². The van der Waals surface area contributed by atoms with Crippen molar-refractivity contribution < 1.29 is 9.53 Å². The average molecular weight is 426 g/mol. The van der Waals surface area contributed by atoms with E-state index in [2.05, 4.69) is 42.7 Å². The Morgan fingerprint density at radius 2 is 1.78 bits per heavy atom. The van der Waals surface area contributed by atoms with Crippen LogP contribution < -0.4 is 9.64 Å². The van der Waals surface area contributed by atoms with Crippen LogP contribution in [0.25, 0.3) is 11.0 Å². The molecular weight excluding hydrogens is 398 g/mol. The number of para-hydroxylation sites is 3. The Morgan fingerprint density at radius 1 is 1.00 bits per heavy atom. The molecule has 3 aromatic carbocycles. The molecule has 1 atom stereocenters. The van der Waals surface area contributed by atoms with Crippen molar-refractivity contribution in [1.82, 2.24) is 9.55 Å². The lowest BCUT2D eigenvalue weighted by Gasteiger charge is -2.20. The van der Waals surface area contributed by atoms with Gasteiger partial charge in [-0.25, -0.2) is 4.98 Å². The highest BCUT2D eigenvalue weighted by Crippen LogP contribution is 2.34. The number of anilines is 1. The van der Waals surface area contributed by atoms with Crippen molar-refractivity contribution in [1.29, 1.82) is 0 Å². The summed E-state index contributed by atoms with van der Waals surface area (Å²) in [5.74, 6) is 2.02. The normalized spacial score (nSPS) is 16.1. The molecule has 5 rings (SSSR count). The highest BCUT2D eigenvalue weighted by Gasteiger charge is 2.35. The van der Waals surface area contributed by atoms with E-state index in [9.17, 15) is 4.79 Å². The van der Waals surface area contributed by atoms with Crippen molar-refractivity contribution in [2.75, 3.05) is 18.1 Å². The summed E-state index contributed by atoms with van der Waals surface area (Å²) in [4.78, 5) is 19.9. The van der Waals surface area contributed by atoms with Gasteiger partial charge >= 0.3 is 0 Å². The van der Waals surface area contributed by atoms with E-state index in [-0.39, 0.29) is 11.8 Å². The molecule has 5 heteroatoms. The lowest BCUT2D eigenvalue weighted by atomic mass is 10.1. The first kappa shape index (κ1) is 20.3. The van der Waals surface area contributed by atoms with Gasteiger partial charge in [0, 0.05) is 24.6 Å². The molecule has 0 bridgehead atoms. The minimum atomic E-state index is 0.0477. The Bertz CT molecular complexity index is 1260. The van der Waals surface area contributed by atoms with Gasteiger partial charge in [0.25, 0.3) is 0 Å². The lowest BCUT2D eigenvalue weighted by Crippen LogP contribution is -2.25. The molecule has 1 fully saturated rings. The molecule has 2 heterocycles. The Morgan fingerprint density at radius 3 is 2.62 bits per heavy atom. The third-order valence-electron chi connectivity index (χ3n) is 6.16. The molecule has 1 amide bonds. The second-order valence-electron chi connectivity index (χ2n) is 8.47. The Labute approximate surface area is 188 Å². The molecule has 1 aromatic heterocycles. The monoisotopic (exact) mass is 425 g/mol. The van der Waals surface area contributed by atoms with Crippen molar-refractivity contribution in [3.8, 4) is 5.75 Å². The van der Waals surface area contributed by atoms with Gasteiger partial charge in [0.1, 0.15) is 18.2 Å². The fourth-order valence-corrected chi connectivity index (χ4v) is 4.54. The van der Waals surface area contributed by atoms with E-state index in [0.717, 1.165) is 39.4 Å². The summed E-state index contributed by atoms with van der Waals surface area (Å²) in [7, 11) is 0. The predicted molar refractivity (Wildman–Crippen MR) is 127 cm³/mol. The van der Waals surface area contributed by atoms with E-state index in [1.165, 1.54) is 0 Å². The van der Waals surface area contributed by atoms with Crippen molar-refractivity contribution in [2.45, 2.75) is 32.7 Å². The van der Waals surface area contributed by atoms with E-state index < -0.39 is 0 Å². The van der Waals surface area contributed by atoms with Crippen molar-refractivity contribution >= 4 is 22.6 Å². The summed E-state index contributed by atoms with van der Waals surface area (Å²) in [6.07, 6.45) is 0.468. The van der Waals surface area contributed by atoms with Gasteiger partial charge in [-0.1, -0.05) is 42.5 Å². The highest BCUT2D eigenvalue weighted by atomic mass is 16.5. The highest BCUT2D eigenvalue weighted by molar-refractivity contribution is 5.97. The summed E-state index contributed by atoms with van der Waals surface area (Å²) in [5.41, 5.74) is 5.32. The summed E-state index contributed by atoms with van der Waals surface area (Å²) in [6, 6.07) is 24.3. The molecular formula is C27H27N3O2. The van der Waals surface area contributed by atoms with Crippen molar-refractivity contribution in [3.63, 3.8) is 0 Å². The Kier molecular flexibility index (Phi) is 5.39. The zero-order chi connectivity index (χ0) is 22.1. The largest absolute Gasteiger partial charge is 0.492 e. The number of ether oxygens (including phenoxy) is 1. The summed E-state index contributed by atoms with van der Waals surface area (Å²) < 4.78 is 8.19. The number of aryl methyl sites for hydroxylation is 2. The van der Waals surface area contributed by atoms with Crippen LogP contribution in [0, 0.1) is 13.8 Å². The van der Waals surface area contributed by atoms with E-state index in [1.54, 1.807) is 0 Å². The lowest BCUT2D eigenvalue weighted by molar-refractivity contribution is -0.117. The molecule has 1 aliphatic rings. The van der Waals surface area contributed by atoms with Gasteiger partial charge in [-0.3, -0.25) is 4.79 Å². The SMILES string of the molecule is Cc1ccc(C)c(N2CC(c3nc4ccccc4n3CCOc3ccccc3)CC2=O)c1. The molecule has 0 N–H and O–H groups in total. The van der Waals surface area contributed by atoms with Gasteiger partial charge < -0.3 is 14.2 Å². The molecule has 0 saturated carbocycles. The minimum Gasteiger partial charge on any atom is -0.492 e. The Hall–Kier alpha value is -3.60. The van der Waals surface area contributed by atoms with Crippen molar-refractivity contribution in [3.05, 3.63) is 89.7 Å². The molecule has 4 aromatic rings. The van der Waals surface area contributed by atoms with Gasteiger partial charge in [0.15, 0.2) is 0 Å². The molecule has 32 heavy (non-hydrogen) atoms. The second-order valence-corrected chi connectivity index (χ2v) is 8.47. The molecule has 1 saturated heterocycles. The maximum atomic E-state index is 13.0. The van der Waals surface area contributed by atoms with Crippen LogP contribution in [0.3, 0.4) is 0 Å². The zero-order valence-corrected chi connectivity index (χ0v) is 18.5. The Balaban J connectivity index is 1.43. The number of carbonyl (C=O) groups is 1. The van der Waals surface area contributed by atoms with Crippen LogP contribution in [-0.4, -0.2) is 28.6 Å². The van der Waals surface area contributed by atoms with Crippen molar-refractivity contribution in [2.24, 2.45) is 0 Å². The maximum absolute atomic E-state index is 13.0. The van der Waals surface area contributed by atoms with E-state index in [1.807, 2.05) is 53.4 Å². The predicted octanol–water partition coefficient (Wildman–Crippen LogP) is 5.25. The fourth-order valence-electron chi connectivity index (χ4n) is 4.54. The number of fused-ring (bicyclic) bond motifs is 1. The number of imidazole rings is 1. The molecule has 0 spiro atoms. The number of amides is 1. The zero-order valence-electron chi connectivity index (χ0n) is 18.5. The standard InChI is InChI=1S/C27H27N3O2/c1-19-12-13-20(2)25(16-19)30-18-21(17-26(30)31)27-28-23-10-6-7-11-24(23)29(27)14-15-32-22-8-4-3-5-9-22/h3-13,16,21H,14-15,17-18H2,1-2H3.